The van der Waals surface area contributed by atoms with E-state index in [0.717, 1.165) is 11.5 Å². The van der Waals surface area contributed by atoms with Crippen LogP contribution in [0.2, 0.25) is 0 Å². The van der Waals surface area contributed by atoms with Crippen molar-refractivity contribution in [1.29, 1.82) is 0 Å². The van der Waals surface area contributed by atoms with Gasteiger partial charge in [-0.05, 0) is 25.0 Å². The molecule has 72 valence electrons. The fraction of sp³-hybridized carbons (Fsp3) is 0.455. The number of hydrogen-bond donors (Lipinski definition) is 1. The molecule has 1 rings (SSSR count). The van der Waals surface area contributed by atoms with Crippen LogP contribution in [0.4, 0.5) is 0 Å². The Kier molecular flexibility index (Phi) is 4.33. The second-order valence-electron chi connectivity index (χ2n) is 3.29. The lowest BCUT2D eigenvalue weighted by atomic mass is 10.1. The van der Waals surface area contributed by atoms with Crippen molar-refractivity contribution in [3.63, 3.8) is 0 Å². The van der Waals surface area contributed by atoms with Gasteiger partial charge in [-0.25, -0.2) is 0 Å². The predicted octanol–water partition coefficient (Wildman–Crippen LogP) is 2.61. The van der Waals surface area contributed by atoms with E-state index in [1.807, 2.05) is 6.92 Å². The van der Waals surface area contributed by atoms with Crippen molar-refractivity contribution in [3.8, 4) is 0 Å². The summed E-state index contributed by atoms with van der Waals surface area (Å²) in [6, 6.07) is 8.38. The summed E-state index contributed by atoms with van der Waals surface area (Å²) in [5.41, 5.74) is 2.70. The Balaban J connectivity index is 2.41. The van der Waals surface area contributed by atoms with Gasteiger partial charge in [-0.1, -0.05) is 24.3 Å². The third-order valence-corrected chi connectivity index (χ3v) is 3.11. The summed E-state index contributed by atoms with van der Waals surface area (Å²) in [7, 11) is 0. The van der Waals surface area contributed by atoms with Crippen LogP contribution < -0.4 is 0 Å². The van der Waals surface area contributed by atoms with Gasteiger partial charge in [0.15, 0.2) is 0 Å². The molecule has 0 unspecified atom stereocenters. The zero-order valence-electron chi connectivity index (χ0n) is 8.16. The standard InChI is InChI=1S/C11H16OS/c1-9-5-3-4-6-11(9)8-13-7-10(2)12/h3-6,10,12H,7-8H2,1-2H3/t10-/m0/s1. The number of rotatable bonds is 4. The molecule has 0 radical (unpaired) electrons. The smallest absolute Gasteiger partial charge is 0.0602 e. The SMILES string of the molecule is Cc1ccccc1CSC[C@H](C)O. The van der Waals surface area contributed by atoms with Crippen LogP contribution in [0, 0.1) is 6.92 Å². The maximum Gasteiger partial charge on any atom is 0.0602 e. The highest BCUT2D eigenvalue weighted by Gasteiger charge is 1.99. The van der Waals surface area contributed by atoms with Crippen LogP contribution >= 0.6 is 11.8 Å². The van der Waals surface area contributed by atoms with Gasteiger partial charge >= 0.3 is 0 Å². The highest BCUT2D eigenvalue weighted by molar-refractivity contribution is 7.98. The first kappa shape index (κ1) is 10.6. The lowest BCUT2D eigenvalue weighted by Crippen LogP contribution is -2.02. The van der Waals surface area contributed by atoms with Crippen LogP contribution in [0.1, 0.15) is 18.1 Å². The maximum atomic E-state index is 9.08. The number of benzene rings is 1. The molecule has 13 heavy (non-hydrogen) atoms. The topological polar surface area (TPSA) is 20.2 Å². The zero-order valence-corrected chi connectivity index (χ0v) is 8.97. The molecule has 1 atom stereocenters. The van der Waals surface area contributed by atoms with Crippen LogP contribution in [-0.4, -0.2) is 17.0 Å². The number of hydrogen-bond acceptors (Lipinski definition) is 2. The van der Waals surface area contributed by atoms with Gasteiger partial charge in [0.2, 0.25) is 0 Å². The minimum atomic E-state index is -0.200. The van der Waals surface area contributed by atoms with Crippen LogP contribution in [-0.2, 0) is 5.75 Å². The molecule has 0 aliphatic carbocycles. The molecule has 0 aliphatic heterocycles. The summed E-state index contributed by atoms with van der Waals surface area (Å²) in [5.74, 6) is 1.81. The molecule has 0 aromatic heterocycles. The van der Waals surface area contributed by atoms with Crippen molar-refractivity contribution in [3.05, 3.63) is 35.4 Å². The average molecular weight is 196 g/mol. The number of aryl methyl sites for hydroxylation is 1. The molecule has 0 saturated carbocycles. The van der Waals surface area contributed by atoms with Gasteiger partial charge in [0.05, 0.1) is 6.10 Å². The molecule has 1 aromatic rings. The molecule has 1 aromatic carbocycles. The molecule has 0 spiro atoms. The minimum absolute atomic E-state index is 0.200. The van der Waals surface area contributed by atoms with E-state index in [1.165, 1.54) is 11.1 Å². The van der Waals surface area contributed by atoms with Crippen molar-refractivity contribution >= 4 is 11.8 Å². The minimum Gasteiger partial charge on any atom is -0.393 e. The molecule has 0 saturated heterocycles. The van der Waals surface area contributed by atoms with E-state index < -0.39 is 0 Å². The van der Waals surface area contributed by atoms with E-state index >= 15 is 0 Å². The van der Waals surface area contributed by atoms with E-state index in [0.29, 0.717) is 0 Å². The first-order valence-corrected chi connectivity index (χ1v) is 5.66. The highest BCUT2D eigenvalue weighted by atomic mass is 32.2. The van der Waals surface area contributed by atoms with E-state index in [9.17, 15) is 0 Å². The van der Waals surface area contributed by atoms with Gasteiger partial charge < -0.3 is 5.11 Å². The van der Waals surface area contributed by atoms with Gasteiger partial charge in [-0.15, -0.1) is 0 Å². The second kappa shape index (κ2) is 5.30. The molecule has 0 bridgehead atoms. The molecule has 0 aliphatic rings. The normalized spacial score (nSPS) is 12.8. The Labute approximate surface area is 84.2 Å². The summed E-state index contributed by atoms with van der Waals surface area (Å²) < 4.78 is 0. The number of aliphatic hydroxyl groups excluding tert-OH is 1. The summed E-state index contributed by atoms with van der Waals surface area (Å²) in [6.07, 6.45) is -0.200. The van der Waals surface area contributed by atoms with E-state index in [-0.39, 0.29) is 6.10 Å². The summed E-state index contributed by atoms with van der Waals surface area (Å²) in [6.45, 7) is 3.95. The van der Waals surface area contributed by atoms with Crippen LogP contribution in [0.3, 0.4) is 0 Å². The molecule has 1 nitrogen and oxygen atoms in total. The van der Waals surface area contributed by atoms with Gasteiger partial charge in [0.1, 0.15) is 0 Å². The van der Waals surface area contributed by atoms with E-state index in [1.54, 1.807) is 11.8 Å². The van der Waals surface area contributed by atoms with Crippen molar-refractivity contribution in [2.75, 3.05) is 5.75 Å². The highest BCUT2D eigenvalue weighted by Crippen LogP contribution is 2.16. The monoisotopic (exact) mass is 196 g/mol. The Morgan fingerprint density at radius 3 is 2.69 bits per heavy atom. The summed E-state index contributed by atoms with van der Waals surface area (Å²) in [5, 5.41) is 9.08. The Bertz CT molecular complexity index is 258. The fourth-order valence-electron chi connectivity index (χ4n) is 1.11. The molecule has 0 heterocycles. The van der Waals surface area contributed by atoms with Crippen LogP contribution in [0.25, 0.3) is 0 Å². The molecular formula is C11H16OS. The van der Waals surface area contributed by atoms with Gasteiger partial charge in [-0.2, -0.15) is 11.8 Å². The third kappa shape index (κ3) is 3.83. The number of thioether (sulfide) groups is 1. The van der Waals surface area contributed by atoms with Crippen molar-refractivity contribution < 1.29 is 5.11 Å². The van der Waals surface area contributed by atoms with Gasteiger partial charge in [0.25, 0.3) is 0 Å². The second-order valence-corrected chi connectivity index (χ2v) is 4.32. The predicted molar refractivity (Wildman–Crippen MR) is 59.0 cm³/mol. The maximum absolute atomic E-state index is 9.08. The fourth-order valence-corrected chi connectivity index (χ4v) is 2.11. The third-order valence-electron chi connectivity index (χ3n) is 1.88. The van der Waals surface area contributed by atoms with E-state index in [2.05, 4.69) is 31.2 Å². The van der Waals surface area contributed by atoms with Crippen molar-refractivity contribution in [2.24, 2.45) is 0 Å². The molecule has 1 N–H and O–H groups in total. The zero-order chi connectivity index (χ0) is 9.68. The van der Waals surface area contributed by atoms with E-state index in [4.69, 9.17) is 5.11 Å². The lowest BCUT2D eigenvalue weighted by Gasteiger charge is -2.06. The van der Waals surface area contributed by atoms with Crippen molar-refractivity contribution in [1.82, 2.24) is 0 Å². The van der Waals surface area contributed by atoms with Gasteiger partial charge in [0, 0.05) is 11.5 Å². The largest absolute Gasteiger partial charge is 0.393 e. The summed E-state index contributed by atoms with van der Waals surface area (Å²) >= 11 is 1.78. The van der Waals surface area contributed by atoms with Crippen LogP contribution in [0.5, 0.6) is 0 Å². The molecule has 0 amide bonds. The van der Waals surface area contributed by atoms with Crippen molar-refractivity contribution in [2.45, 2.75) is 25.7 Å². The van der Waals surface area contributed by atoms with Crippen LogP contribution in [0.15, 0.2) is 24.3 Å². The van der Waals surface area contributed by atoms with Gasteiger partial charge in [-0.3, -0.25) is 0 Å². The molecule has 0 fully saturated rings. The Hall–Kier alpha value is -0.470. The first-order valence-electron chi connectivity index (χ1n) is 4.50. The lowest BCUT2D eigenvalue weighted by molar-refractivity contribution is 0.220. The summed E-state index contributed by atoms with van der Waals surface area (Å²) in [4.78, 5) is 0. The quantitative estimate of drug-likeness (QED) is 0.798. The Morgan fingerprint density at radius 1 is 1.38 bits per heavy atom. The molecule has 2 heteroatoms. The average Bonchev–Trinajstić information content (AvgIpc) is 2.08. The number of aliphatic hydroxyl groups is 1. The molecular weight excluding hydrogens is 180 g/mol. The first-order chi connectivity index (χ1) is 6.20. The Morgan fingerprint density at radius 2 is 2.08 bits per heavy atom.